The Balaban J connectivity index is 1.90. The number of ether oxygens (including phenoxy) is 2. The lowest BCUT2D eigenvalue weighted by Gasteiger charge is -2.27. The third kappa shape index (κ3) is 3.47. The van der Waals surface area contributed by atoms with Gasteiger partial charge in [-0.2, -0.15) is 0 Å². The Kier molecular flexibility index (Phi) is 4.66. The highest BCUT2D eigenvalue weighted by atomic mass is 32.2. The summed E-state index contributed by atoms with van der Waals surface area (Å²) in [5, 5.41) is 2.62. The van der Waals surface area contributed by atoms with Crippen LogP contribution in [0.1, 0.15) is 25.7 Å². The van der Waals surface area contributed by atoms with Crippen molar-refractivity contribution in [3.8, 4) is 11.5 Å². The monoisotopic (exact) mass is 355 g/mol. The van der Waals surface area contributed by atoms with E-state index in [0.29, 0.717) is 17.9 Å². The fourth-order valence-electron chi connectivity index (χ4n) is 3.08. The Bertz CT molecular complexity index is 750. The Morgan fingerprint density at radius 1 is 1.38 bits per heavy atom. The molecule has 1 aliphatic carbocycles. The predicted octanol–water partition coefficient (Wildman–Crippen LogP) is 0.574. The van der Waals surface area contributed by atoms with Crippen LogP contribution >= 0.6 is 0 Å². The van der Waals surface area contributed by atoms with Gasteiger partial charge in [0.25, 0.3) is 5.91 Å². The lowest BCUT2D eigenvalue weighted by atomic mass is 9.92. The number of nitrogens with one attached hydrogen (secondary N) is 2. The third-order valence-electron chi connectivity index (χ3n) is 4.22. The van der Waals surface area contributed by atoms with Crippen molar-refractivity contribution >= 4 is 21.6 Å². The van der Waals surface area contributed by atoms with Crippen molar-refractivity contribution in [3.63, 3.8) is 0 Å². The van der Waals surface area contributed by atoms with E-state index in [0.717, 1.165) is 19.3 Å². The lowest BCUT2D eigenvalue weighted by molar-refractivity contribution is -0.118. The minimum atomic E-state index is -3.80. The number of carbonyl (C=O) groups is 1. The third-order valence-corrected chi connectivity index (χ3v) is 5.77. The van der Waals surface area contributed by atoms with Crippen molar-refractivity contribution in [1.29, 1.82) is 0 Å². The number of carbonyl (C=O) groups excluding carboxylic acids is 1. The Morgan fingerprint density at radius 3 is 2.88 bits per heavy atom. The van der Waals surface area contributed by atoms with Gasteiger partial charge in [0.1, 0.15) is 16.4 Å². The quantitative estimate of drug-likeness (QED) is 0.726. The number of hydrogen-bond donors (Lipinski definition) is 3. The van der Waals surface area contributed by atoms with Gasteiger partial charge >= 0.3 is 0 Å². The first-order valence-electron chi connectivity index (χ1n) is 7.81. The molecular formula is C15H21N3O5S. The number of sulfonamides is 1. The summed E-state index contributed by atoms with van der Waals surface area (Å²) in [5.41, 5.74) is 6.31. The van der Waals surface area contributed by atoms with Gasteiger partial charge in [-0.25, -0.2) is 13.1 Å². The van der Waals surface area contributed by atoms with Crippen LogP contribution in [0.25, 0.3) is 0 Å². The van der Waals surface area contributed by atoms with E-state index in [1.54, 1.807) is 0 Å². The minimum Gasteiger partial charge on any atom is -0.495 e. The van der Waals surface area contributed by atoms with E-state index < -0.39 is 10.0 Å². The summed E-state index contributed by atoms with van der Waals surface area (Å²) >= 11 is 0. The Labute approximate surface area is 140 Å². The SMILES string of the molecule is COc1cc2c(cc1S(=O)(=O)NC1CCCC(N)C1)OCC(=O)N2. The number of nitrogens with two attached hydrogens (primary N) is 1. The van der Waals surface area contributed by atoms with Gasteiger partial charge in [-0.1, -0.05) is 6.42 Å². The van der Waals surface area contributed by atoms with Crippen LogP contribution in [0.5, 0.6) is 11.5 Å². The second-order valence-electron chi connectivity index (χ2n) is 6.08. The van der Waals surface area contributed by atoms with E-state index in [9.17, 15) is 13.2 Å². The number of anilines is 1. The summed E-state index contributed by atoms with van der Waals surface area (Å²) in [7, 11) is -2.42. The smallest absolute Gasteiger partial charge is 0.262 e. The summed E-state index contributed by atoms with van der Waals surface area (Å²) in [6, 6.07) is 2.64. The maximum atomic E-state index is 12.8. The van der Waals surface area contributed by atoms with Gasteiger partial charge in [0.15, 0.2) is 6.61 Å². The second kappa shape index (κ2) is 6.58. The fourth-order valence-corrected chi connectivity index (χ4v) is 4.52. The molecule has 3 rings (SSSR count). The molecule has 24 heavy (non-hydrogen) atoms. The van der Waals surface area contributed by atoms with Crippen LogP contribution in [-0.2, 0) is 14.8 Å². The fraction of sp³-hybridized carbons (Fsp3) is 0.533. The van der Waals surface area contributed by atoms with E-state index in [1.165, 1.54) is 19.2 Å². The molecule has 132 valence electrons. The molecule has 1 heterocycles. The summed E-state index contributed by atoms with van der Waals surface area (Å²) in [5.74, 6) is 0.151. The van der Waals surface area contributed by atoms with E-state index in [2.05, 4.69) is 10.0 Å². The first kappa shape index (κ1) is 17.0. The van der Waals surface area contributed by atoms with Gasteiger partial charge in [0.05, 0.1) is 12.8 Å². The molecule has 2 atom stereocenters. The van der Waals surface area contributed by atoms with Crippen molar-refractivity contribution in [2.45, 2.75) is 42.7 Å². The van der Waals surface area contributed by atoms with Crippen molar-refractivity contribution in [2.24, 2.45) is 5.73 Å². The van der Waals surface area contributed by atoms with Gasteiger partial charge in [-0.3, -0.25) is 4.79 Å². The normalized spacial score (nSPS) is 23.8. The van der Waals surface area contributed by atoms with Crippen molar-refractivity contribution < 1.29 is 22.7 Å². The molecule has 0 saturated heterocycles. The molecule has 1 fully saturated rings. The summed E-state index contributed by atoms with van der Waals surface area (Å²) in [6.45, 7) is -0.149. The zero-order chi connectivity index (χ0) is 17.3. The summed E-state index contributed by atoms with van der Waals surface area (Å²) in [4.78, 5) is 11.4. The highest BCUT2D eigenvalue weighted by molar-refractivity contribution is 7.89. The van der Waals surface area contributed by atoms with E-state index in [4.69, 9.17) is 15.2 Å². The summed E-state index contributed by atoms with van der Waals surface area (Å²) < 4.78 is 38.7. The first-order chi connectivity index (χ1) is 11.4. The molecule has 2 aliphatic rings. The second-order valence-corrected chi connectivity index (χ2v) is 7.76. The highest BCUT2D eigenvalue weighted by Gasteiger charge is 2.29. The lowest BCUT2D eigenvalue weighted by Crippen LogP contribution is -2.42. The molecule has 8 nitrogen and oxygen atoms in total. The molecule has 1 aromatic rings. The standard InChI is InChI=1S/C15H21N3O5S/c1-22-13-6-11-12(23-8-15(19)17-11)7-14(13)24(20,21)18-10-4-2-3-9(16)5-10/h6-7,9-10,18H,2-5,8,16H2,1H3,(H,17,19). The number of fused-ring (bicyclic) bond motifs is 1. The molecular weight excluding hydrogens is 334 g/mol. The highest BCUT2D eigenvalue weighted by Crippen LogP contribution is 2.37. The average molecular weight is 355 g/mol. The van der Waals surface area contributed by atoms with E-state index >= 15 is 0 Å². The molecule has 0 aromatic heterocycles. The topological polar surface area (TPSA) is 120 Å². The van der Waals surface area contributed by atoms with Crippen LogP contribution in [0.2, 0.25) is 0 Å². The van der Waals surface area contributed by atoms with Crippen LogP contribution in [0.15, 0.2) is 17.0 Å². The summed E-state index contributed by atoms with van der Waals surface area (Å²) in [6.07, 6.45) is 3.17. The predicted molar refractivity (Wildman–Crippen MR) is 87.7 cm³/mol. The van der Waals surface area contributed by atoms with Gasteiger partial charge in [0, 0.05) is 24.2 Å². The van der Waals surface area contributed by atoms with E-state index in [-0.39, 0.29) is 35.2 Å². The van der Waals surface area contributed by atoms with Gasteiger partial charge in [-0.05, 0) is 19.3 Å². The molecule has 0 radical (unpaired) electrons. The Morgan fingerprint density at radius 2 is 2.17 bits per heavy atom. The number of benzene rings is 1. The maximum absolute atomic E-state index is 12.8. The van der Waals surface area contributed by atoms with Gasteiger partial charge in [0.2, 0.25) is 10.0 Å². The molecule has 1 aliphatic heterocycles. The minimum absolute atomic E-state index is 0.00965. The number of rotatable bonds is 4. The molecule has 9 heteroatoms. The van der Waals surface area contributed by atoms with Gasteiger partial charge in [-0.15, -0.1) is 0 Å². The molecule has 4 N–H and O–H groups in total. The van der Waals surface area contributed by atoms with Crippen LogP contribution in [0.4, 0.5) is 5.69 Å². The zero-order valence-corrected chi connectivity index (χ0v) is 14.2. The molecule has 0 spiro atoms. The number of hydrogen-bond acceptors (Lipinski definition) is 6. The van der Waals surface area contributed by atoms with Crippen LogP contribution in [-0.4, -0.2) is 40.1 Å². The molecule has 1 aromatic carbocycles. The average Bonchev–Trinajstić information content (AvgIpc) is 2.53. The largest absolute Gasteiger partial charge is 0.495 e. The van der Waals surface area contributed by atoms with E-state index in [1.807, 2.05) is 0 Å². The van der Waals surface area contributed by atoms with Crippen LogP contribution < -0.4 is 25.2 Å². The zero-order valence-electron chi connectivity index (χ0n) is 13.4. The van der Waals surface area contributed by atoms with Crippen LogP contribution in [0, 0.1) is 0 Å². The number of methoxy groups -OCH3 is 1. The molecule has 1 amide bonds. The Hall–Kier alpha value is -1.84. The molecule has 1 saturated carbocycles. The van der Waals surface area contributed by atoms with Gasteiger partial charge < -0.3 is 20.5 Å². The number of amides is 1. The van der Waals surface area contributed by atoms with Crippen LogP contribution in [0.3, 0.4) is 0 Å². The van der Waals surface area contributed by atoms with Crippen molar-refractivity contribution in [2.75, 3.05) is 19.0 Å². The first-order valence-corrected chi connectivity index (χ1v) is 9.30. The maximum Gasteiger partial charge on any atom is 0.262 e. The van der Waals surface area contributed by atoms with Crippen molar-refractivity contribution in [3.05, 3.63) is 12.1 Å². The molecule has 0 bridgehead atoms. The molecule has 2 unspecified atom stereocenters. The van der Waals surface area contributed by atoms with Crippen molar-refractivity contribution in [1.82, 2.24) is 4.72 Å².